The summed E-state index contributed by atoms with van der Waals surface area (Å²) in [7, 11) is 4.76. The molecule has 1 aliphatic rings. The molecule has 2 atom stereocenters. The van der Waals surface area contributed by atoms with E-state index < -0.39 is 23.4 Å². The van der Waals surface area contributed by atoms with Gasteiger partial charge in [0, 0.05) is 72.0 Å². The number of likely N-dealkylation sites (tertiary alicyclic amines) is 1. The lowest BCUT2D eigenvalue weighted by Crippen LogP contribution is -2.46. The van der Waals surface area contributed by atoms with Crippen LogP contribution in [0.3, 0.4) is 0 Å². The van der Waals surface area contributed by atoms with E-state index in [9.17, 15) is 19.2 Å². The molecule has 1 fully saturated rings. The highest BCUT2D eigenvalue weighted by Gasteiger charge is 2.30. The van der Waals surface area contributed by atoms with Crippen LogP contribution < -0.4 is 16.6 Å². The Kier molecular flexibility index (Phi) is 11.1. The third kappa shape index (κ3) is 8.66. The van der Waals surface area contributed by atoms with Crippen LogP contribution in [0.25, 0.3) is 22.2 Å². The van der Waals surface area contributed by atoms with E-state index in [0.29, 0.717) is 37.2 Å². The van der Waals surface area contributed by atoms with Crippen LogP contribution in [0.5, 0.6) is 0 Å². The Balaban J connectivity index is 1.33. The predicted octanol–water partition coefficient (Wildman–Crippen LogP) is 4.37. The van der Waals surface area contributed by atoms with Crippen molar-refractivity contribution < 1.29 is 19.1 Å². The van der Waals surface area contributed by atoms with Gasteiger partial charge in [-0.1, -0.05) is 36.4 Å². The smallest absolute Gasteiger partial charge is 0.407 e. The molecule has 3 heterocycles. The van der Waals surface area contributed by atoms with Crippen LogP contribution in [0.1, 0.15) is 63.8 Å². The van der Waals surface area contributed by atoms with Gasteiger partial charge in [-0.2, -0.15) is 0 Å². The van der Waals surface area contributed by atoms with Crippen LogP contribution in [0.4, 0.5) is 4.79 Å². The number of para-hydroxylation sites is 2. The predicted molar refractivity (Wildman–Crippen MR) is 189 cm³/mol. The maximum atomic E-state index is 13.9. The average molecular weight is 673 g/mol. The number of rotatable bonds is 11. The van der Waals surface area contributed by atoms with Crippen molar-refractivity contribution in [3.63, 3.8) is 0 Å². The van der Waals surface area contributed by atoms with Crippen LogP contribution in [0, 0.1) is 0 Å². The second-order valence-corrected chi connectivity index (χ2v) is 13.9. The molecule has 262 valence electrons. The van der Waals surface area contributed by atoms with Crippen molar-refractivity contribution in [1.29, 1.82) is 0 Å². The molecule has 0 aliphatic carbocycles. The Morgan fingerprint density at radius 2 is 1.80 bits per heavy atom. The van der Waals surface area contributed by atoms with Gasteiger partial charge in [-0.05, 0) is 69.7 Å². The van der Waals surface area contributed by atoms with Crippen molar-refractivity contribution in [1.82, 2.24) is 28.9 Å². The number of fused-ring (bicyclic) bond motifs is 1. The second kappa shape index (κ2) is 15.2. The van der Waals surface area contributed by atoms with Gasteiger partial charge in [0.1, 0.15) is 11.4 Å². The first-order chi connectivity index (χ1) is 23.3. The second-order valence-electron chi connectivity index (χ2n) is 13.9. The first-order valence-corrected chi connectivity index (χ1v) is 16.9. The minimum Gasteiger partial charge on any atom is -0.444 e. The minimum absolute atomic E-state index is 0.0434. The molecule has 0 saturated carbocycles. The zero-order valence-electron chi connectivity index (χ0n) is 29.4. The Bertz CT molecular complexity index is 1900. The highest BCUT2D eigenvalue weighted by atomic mass is 16.6. The number of amides is 2. The van der Waals surface area contributed by atoms with Crippen molar-refractivity contribution >= 4 is 23.0 Å². The number of imidazole rings is 1. The van der Waals surface area contributed by atoms with Crippen molar-refractivity contribution in [2.24, 2.45) is 14.1 Å². The number of nitrogens with zero attached hydrogens (tertiary/aromatic N) is 5. The van der Waals surface area contributed by atoms with Crippen LogP contribution in [-0.4, -0.2) is 74.0 Å². The highest BCUT2D eigenvalue weighted by molar-refractivity contribution is 5.79. The Morgan fingerprint density at radius 3 is 2.51 bits per heavy atom. The molecule has 0 spiro atoms. The van der Waals surface area contributed by atoms with Crippen LogP contribution in [0.2, 0.25) is 0 Å². The van der Waals surface area contributed by atoms with E-state index in [2.05, 4.69) is 16.0 Å². The molecule has 1 saturated heterocycles. The number of aryl methyl sites for hydroxylation is 2. The molecule has 5 rings (SSSR count). The molecule has 0 bridgehead atoms. The molecule has 2 aromatic carbocycles. The standard InChI is InChI=1S/C37H48N6O6/c1-37(2,3)49-35(46)38-28(21-25-14-16-26(17-15-25)29-24-40(4)36(47)41(5)34(29)45)22-32(44)42-18-9-11-27(23-42)33-39-30-12-7-8-13-31(30)43(33)19-10-20-48-6/h7-8,12-17,24,27-28H,9-11,18-23H2,1-6H3,(H,38,46). The first-order valence-electron chi connectivity index (χ1n) is 16.9. The minimum atomic E-state index is -0.697. The van der Waals surface area contributed by atoms with Gasteiger partial charge in [-0.3, -0.25) is 14.2 Å². The number of ether oxygens (including phenoxy) is 2. The lowest BCUT2D eigenvalue weighted by atomic mass is 9.95. The van der Waals surface area contributed by atoms with Crippen molar-refractivity contribution in [3.05, 3.63) is 87.0 Å². The number of hydrogen-bond donors (Lipinski definition) is 1. The number of carbonyl (C=O) groups excluding carboxylic acids is 2. The first kappa shape index (κ1) is 35.6. The van der Waals surface area contributed by atoms with E-state index >= 15 is 0 Å². The van der Waals surface area contributed by atoms with Gasteiger partial charge in [-0.25, -0.2) is 14.6 Å². The van der Waals surface area contributed by atoms with Gasteiger partial charge in [-0.15, -0.1) is 0 Å². The molecule has 2 aromatic heterocycles. The number of methoxy groups -OCH3 is 1. The van der Waals surface area contributed by atoms with E-state index in [0.717, 1.165) is 52.8 Å². The number of nitrogens with one attached hydrogen (secondary N) is 1. The summed E-state index contributed by atoms with van der Waals surface area (Å²) < 4.78 is 15.6. The number of carbonyl (C=O) groups is 2. The van der Waals surface area contributed by atoms with E-state index in [1.165, 1.54) is 17.8 Å². The highest BCUT2D eigenvalue weighted by Crippen LogP contribution is 2.30. The summed E-state index contributed by atoms with van der Waals surface area (Å²) in [5.41, 5.74) is 2.51. The molecule has 12 heteroatoms. The largest absolute Gasteiger partial charge is 0.444 e. The lowest BCUT2D eigenvalue weighted by Gasteiger charge is -2.34. The van der Waals surface area contributed by atoms with Gasteiger partial charge in [0.2, 0.25) is 5.91 Å². The molecule has 1 aliphatic heterocycles. The number of piperidine rings is 1. The van der Waals surface area contributed by atoms with E-state index in [1.54, 1.807) is 34.9 Å². The number of benzene rings is 2. The molecule has 12 nitrogen and oxygen atoms in total. The fourth-order valence-electron chi connectivity index (χ4n) is 6.52. The van der Waals surface area contributed by atoms with Gasteiger partial charge in [0.05, 0.1) is 16.6 Å². The lowest BCUT2D eigenvalue weighted by molar-refractivity contribution is -0.133. The molecule has 49 heavy (non-hydrogen) atoms. The molecule has 4 aromatic rings. The van der Waals surface area contributed by atoms with Gasteiger partial charge >= 0.3 is 11.8 Å². The zero-order valence-corrected chi connectivity index (χ0v) is 29.4. The maximum Gasteiger partial charge on any atom is 0.407 e. The number of alkyl carbamates (subject to hydrolysis) is 1. The summed E-state index contributed by atoms with van der Waals surface area (Å²) in [5, 5.41) is 2.94. The molecule has 2 unspecified atom stereocenters. The molecule has 2 amide bonds. The third-order valence-electron chi connectivity index (χ3n) is 8.89. The number of hydrogen-bond acceptors (Lipinski definition) is 7. The summed E-state index contributed by atoms with van der Waals surface area (Å²) in [6, 6.07) is 15.0. The summed E-state index contributed by atoms with van der Waals surface area (Å²) in [4.78, 5) is 58.7. The fourth-order valence-corrected chi connectivity index (χ4v) is 6.52. The van der Waals surface area contributed by atoms with Crippen molar-refractivity contribution in [2.45, 2.75) is 77.0 Å². The van der Waals surface area contributed by atoms with E-state index in [4.69, 9.17) is 14.5 Å². The van der Waals surface area contributed by atoms with Gasteiger partial charge < -0.3 is 28.8 Å². The SMILES string of the molecule is COCCCn1c(C2CCCN(C(=O)CC(Cc3ccc(-c4cn(C)c(=O)n(C)c4=O)cc3)NC(=O)OC(C)(C)C)C2)nc2ccccc21. The molecule has 0 radical (unpaired) electrons. The van der Waals surface area contributed by atoms with E-state index in [1.807, 2.05) is 47.4 Å². The zero-order chi connectivity index (χ0) is 35.3. The normalized spacial score (nSPS) is 15.7. The third-order valence-corrected chi connectivity index (χ3v) is 8.89. The summed E-state index contributed by atoms with van der Waals surface area (Å²) in [6.07, 6.45) is 4.07. The molecular formula is C37H48N6O6. The van der Waals surface area contributed by atoms with Crippen LogP contribution in [0.15, 0.2) is 64.3 Å². The van der Waals surface area contributed by atoms with Gasteiger partial charge in [0.25, 0.3) is 5.56 Å². The Morgan fingerprint density at radius 1 is 1.06 bits per heavy atom. The van der Waals surface area contributed by atoms with Crippen molar-refractivity contribution in [2.75, 3.05) is 26.8 Å². The monoisotopic (exact) mass is 672 g/mol. The Hall–Kier alpha value is -4.71. The Labute approximate surface area is 286 Å². The van der Waals surface area contributed by atoms with E-state index in [-0.39, 0.29) is 23.8 Å². The molecule has 1 N–H and O–H groups in total. The summed E-state index contributed by atoms with van der Waals surface area (Å²) in [5.74, 6) is 1.03. The van der Waals surface area contributed by atoms with Gasteiger partial charge in [0.15, 0.2) is 0 Å². The fraction of sp³-hybridized carbons (Fsp3) is 0.486. The van der Waals surface area contributed by atoms with Crippen molar-refractivity contribution in [3.8, 4) is 11.1 Å². The number of aromatic nitrogens is 4. The summed E-state index contributed by atoms with van der Waals surface area (Å²) >= 11 is 0. The van der Waals surface area contributed by atoms with Crippen LogP contribution in [-0.2, 0) is 41.3 Å². The topological polar surface area (TPSA) is 130 Å². The average Bonchev–Trinajstić information content (AvgIpc) is 3.43. The molecular weight excluding hydrogens is 624 g/mol. The quantitative estimate of drug-likeness (QED) is 0.234. The summed E-state index contributed by atoms with van der Waals surface area (Å²) in [6.45, 7) is 8.02. The van der Waals surface area contributed by atoms with Crippen LogP contribution >= 0.6 is 0 Å². The maximum absolute atomic E-state index is 13.9.